The van der Waals surface area contributed by atoms with Crippen LogP contribution in [0.5, 0.6) is 5.75 Å². The maximum atomic E-state index is 12.9. The van der Waals surface area contributed by atoms with E-state index in [-0.39, 0.29) is 11.8 Å². The standard InChI is InChI=1S/C22H21N5O4/c1-29-16-5-2-4-15(12-16)17-13-18(24-23-17)22(28)27-9-7-14(8-10-27)20-25-26-21(31-20)19-6-3-11-30-19/h2-6,11-14H,7-10H2,1H3,(H,23,24). The number of amides is 1. The van der Waals surface area contributed by atoms with Crippen molar-refractivity contribution in [2.24, 2.45) is 0 Å². The number of nitrogens with zero attached hydrogens (tertiary/aromatic N) is 4. The van der Waals surface area contributed by atoms with Crippen LogP contribution in [0, 0.1) is 0 Å². The Morgan fingerprint density at radius 3 is 2.81 bits per heavy atom. The van der Waals surface area contributed by atoms with Crippen LogP contribution in [0.15, 0.2) is 57.6 Å². The molecule has 0 bridgehead atoms. The van der Waals surface area contributed by atoms with Crippen molar-refractivity contribution in [1.82, 2.24) is 25.3 Å². The largest absolute Gasteiger partial charge is 0.497 e. The van der Waals surface area contributed by atoms with Gasteiger partial charge in [-0.2, -0.15) is 5.10 Å². The van der Waals surface area contributed by atoms with E-state index in [1.807, 2.05) is 29.2 Å². The number of aromatic amines is 1. The molecule has 1 saturated heterocycles. The number of hydrogen-bond donors (Lipinski definition) is 1. The number of benzene rings is 1. The maximum absolute atomic E-state index is 12.9. The summed E-state index contributed by atoms with van der Waals surface area (Å²) >= 11 is 0. The molecule has 4 aromatic rings. The first-order valence-corrected chi connectivity index (χ1v) is 10.1. The van der Waals surface area contributed by atoms with Gasteiger partial charge < -0.3 is 18.5 Å². The Kier molecular flexibility index (Phi) is 4.99. The molecule has 0 aliphatic carbocycles. The molecule has 5 rings (SSSR count). The van der Waals surface area contributed by atoms with Crippen molar-refractivity contribution in [1.29, 1.82) is 0 Å². The van der Waals surface area contributed by atoms with Gasteiger partial charge in [-0.3, -0.25) is 9.89 Å². The molecule has 0 saturated carbocycles. The zero-order chi connectivity index (χ0) is 21.2. The lowest BCUT2D eigenvalue weighted by molar-refractivity contribution is 0.0700. The third-order valence-corrected chi connectivity index (χ3v) is 5.48. The Labute approximate surface area is 178 Å². The first-order valence-electron chi connectivity index (χ1n) is 10.1. The van der Waals surface area contributed by atoms with Crippen molar-refractivity contribution in [3.8, 4) is 28.7 Å². The number of nitrogens with one attached hydrogen (secondary N) is 1. The van der Waals surface area contributed by atoms with E-state index in [4.69, 9.17) is 13.6 Å². The first-order chi connectivity index (χ1) is 15.2. The van der Waals surface area contributed by atoms with Gasteiger partial charge in [0.1, 0.15) is 11.4 Å². The number of likely N-dealkylation sites (tertiary alicyclic amines) is 1. The van der Waals surface area contributed by atoms with Gasteiger partial charge in [-0.05, 0) is 43.2 Å². The van der Waals surface area contributed by atoms with Crippen molar-refractivity contribution in [3.63, 3.8) is 0 Å². The Bertz CT molecular complexity index is 1170. The van der Waals surface area contributed by atoms with Gasteiger partial charge in [0.2, 0.25) is 5.89 Å². The summed E-state index contributed by atoms with van der Waals surface area (Å²) in [6.45, 7) is 1.21. The van der Waals surface area contributed by atoms with Crippen molar-refractivity contribution >= 4 is 5.91 Å². The molecule has 0 radical (unpaired) electrons. The smallest absolute Gasteiger partial charge is 0.283 e. The summed E-state index contributed by atoms with van der Waals surface area (Å²) in [4.78, 5) is 14.8. The monoisotopic (exact) mass is 419 g/mol. The molecule has 31 heavy (non-hydrogen) atoms. The van der Waals surface area contributed by atoms with Crippen LogP contribution in [0.25, 0.3) is 22.9 Å². The SMILES string of the molecule is COc1cccc(-c2cc(C(=O)N3CCC(c4nnc(-c5ccco5)o4)CC3)[nH]n2)c1. The van der Waals surface area contributed by atoms with E-state index in [0.717, 1.165) is 24.2 Å². The summed E-state index contributed by atoms with van der Waals surface area (Å²) in [6.07, 6.45) is 3.07. The van der Waals surface area contributed by atoms with Gasteiger partial charge in [0, 0.05) is 24.6 Å². The molecule has 1 N–H and O–H groups in total. The van der Waals surface area contributed by atoms with Crippen LogP contribution in [0.4, 0.5) is 0 Å². The first kappa shape index (κ1) is 19.1. The molecule has 9 heteroatoms. The highest BCUT2D eigenvalue weighted by Crippen LogP contribution is 2.30. The molecule has 3 aromatic heterocycles. The number of aromatic nitrogens is 4. The van der Waals surface area contributed by atoms with Gasteiger partial charge in [0.15, 0.2) is 5.76 Å². The minimum atomic E-state index is -0.0677. The number of rotatable bonds is 5. The molecule has 1 amide bonds. The molecule has 1 aliphatic rings. The molecular formula is C22H21N5O4. The number of H-pyrrole nitrogens is 1. The Balaban J connectivity index is 1.23. The second-order valence-electron chi connectivity index (χ2n) is 7.39. The zero-order valence-corrected chi connectivity index (χ0v) is 16.9. The lowest BCUT2D eigenvalue weighted by Gasteiger charge is -2.30. The minimum Gasteiger partial charge on any atom is -0.497 e. The van der Waals surface area contributed by atoms with E-state index in [1.54, 1.807) is 31.6 Å². The van der Waals surface area contributed by atoms with Crippen LogP contribution >= 0.6 is 0 Å². The number of methoxy groups -OCH3 is 1. The fourth-order valence-corrected chi connectivity index (χ4v) is 3.76. The summed E-state index contributed by atoms with van der Waals surface area (Å²) in [5.74, 6) is 2.31. The fraction of sp³-hybridized carbons (Fsp3) is 0.273. The number of carbonyl (C=O) groups is 1. The molecule has 1 fully saturated rings. The molecular weight excluding hydrogens is 398 g/mol. The van der Waals surface area contributed by atoms with E-state index >= 15 is 0 Å². The molecule has 158 valence electrons. The second kappa shape index (κ2) is 8.10. The molecule has 4 heterocycles. The normalized spacial score (nSPS) is 14.7. The predicted molar refractivity (Wildman–Crippen MR) is 110 cm³/mol. The van der Waals surface area contributed by atoms with Crippen LogP contribution in [-0.2, 0) is 0 Å². The van der Waals surface area contributed by atoms with Crippen molar-refractivity contribution in [3.05, 3.63) is 60.3 Å². The van der Waals surface area contributed by atoms with Gasteiger partial charge in [-0.25, -0.2) is 0 Å². The molecule has 0 atom stereocenters. The quantitative estimate of drug-likeness (QED) is 0.524. The van der Waals surface area contributed by atoms with Gasteiger partial charge in [0.25, 0.3) is 11.8 Å². The number of ether oxygens (including phenoxy) is 1. The van der Waals surface area contributed by atoms with E-state index in [9.17, 15) is 4.79 Å². The third-order valence-electron chi connectivity index (χ3n) is 5.48. The van der Waals surface area contributed by atoms with Crippen LogP contribution in [0.1, 0.15) is 35.1 Å². The minimum absolute atomic E-state index is 0.0677. The topological polar surface area (TPSA) is 110 Å². The number of carbonyl (C=O) groups excluding carboxylic acids is 1. The Morgan fingerprint density at radius 2 is 2.03 bits per heavy atom. The Hall–Kier alpha value is -3.88. The highest BCUT2D eigenvalue weighted by Gasteiger charge is 2.29. The lowest BCUT2D eigenvalue weighted by Crippen LogP contribution is -2.38. The molecule has 9 nitrogen and oxygen atoms in total. The van der Waals surface area contributed by atoms with Gasteiger partial charge >= 0.3 is 0 Å². The summed E-state index contributed by atoms with van der Waals surface area (Å²) < 4.78 is 16.3. The predicted octanol–water partition coefficient (Wildman–Crippen LogP) is 3.75. The van der Waals surface area contributed by atoms with Crippen molar-refractivity contribution in [2.75, 3.05) is 20.2 Å². The fourth-order valence-electron chi connectivity index (χ4n) is 3.76. The van der Waals surface area contributed by atoms with Gasteiger partial charge in [-0.15, -0.1) is 10.2 Å². The molecule has 1 aliphatic heterocycles. The third kappa shape index (κ3) is 3.81. The molecule has 0 spiro atoms. The van der Waals surface area contributed by atoms with Crippen LogP contribution in [0.3, 0.4) is 0 Å². The average molecular weight is 419 g/mol. The maximum Gasteiger partial charge on any atom is 0.283 e. The van der Waals surface area contributed by atoms with Gasteiger partial charge in [-0.1, -0.05) is 12.1 Å². The number of piperidine rings is 1. The van der Waals surface area contributed by atoms with Crippen molar-refractivity contribution < 1.29 is 18.4 Å². The molecule has 0 unspecified atom stereocenters. The zero-order valence-electron chi connectivity index (χ0n) is 16.9. The van der Waals surface area contributed by atoms with Crippen LogP contribution < -0.4 is 4.74 Å². The molecule has 1 aromatic carbocycles. The van der Waals surface area contributed by atoms with Crippen LogP contribution in [-0.4, -0.2) is 51.4 Å². The summed E-state index contributed by atoms with van der Waals surface area (Å²) in [7, 11) is 1.62. The summed E-state index contributed by atoms with van der Waals surface area (Å²) in [5, 5.41) is 15.4. The Morgan fingerprint density at radius 1 is 1.16 bits per heavy atom. The van der Waals surface area contributed by atoms with Crippen molar-refractivity contribution in [2.45, 2.75) is 18.8 Å². The summed E-state index contributed by atoms with van der Waals surface area (Å²) in [6, 6.07) is 12.9. The van der Waals surface area contributed by atoms with E-state index in [0.29, 0.717) is 42.0 Å². The van der Waals surface area contributed by atoms with Gasteiger partial charge in [0.05, 0.1) is 19.1 Å². The second-order valence-corrected chi connectivity index (χ2v) is 7.39. The average Bonchev–Trinajstić information content (AvgIpc) is 3.60. The van der Waals surface area contributed by atoms with E-state index in [2.05, 4.69) is 20.4 Å². The van der Waals surface area contributed by atoms with E-state index < -0.39 is 0 Å². The highest BCUT2D eigenvalue weighted by molar-refractivity contribution is 5.93. The van der Waals surface area contributed by atoms with E-state index in [1.165, 1.54) is 0 Å². The summed E-state index contributed by atoms with van der Waals surface area (Å²) in [5.41, 5.74) is 2.06. The number of hydrogen-bond acceptors (Lipinski definition) is 7. The highest BCUT2D eigenvalue weighted by atomic mass is 16.5. The lowest BCUT2D eigenvalue weighted by atomic mass is 9.96. The number of furan rings is 1. The van der Waals surface area contributed by atoms with Crippen LogP contribution in [0.2, 0.25) is 0 Å².